The van der Waals surface area contributed by atoms with Crippen LogP contribution < -0.4 is 5.32 Å². The lowest BCUT2D eigenvalue weighted by molar-refractivity contribution is -0.113. The molecule has 0 radical (unpaired) electrons. The van der Waals surface area contributed by atoms with E-state index in [1.165, 1.54) is 17.3 Å². The Bertz CT molecular complexity index is 1120. The fraction of sp³-hybridized carbons (Fsp3) is 0.360. The number of aromatic nitrogens is 3. The predicted octanol–water partition coefficient (Wildman–Crippen LogP) is 4.39. The first kappa shape index (κ1) is 23.0. The Kier molecular flexibility index (Phi) is 7.13. The van der Waals surface area contributed by atoms with Gasteiger partial charge in [-0.2, -0.15) is 0 Å². The molecule has 1 fully saturated rings. The molecule has 2 heterocycles. The quantitative estimate of drug-likeness (QED) is 0.526. The Labute approximate surface area is 198 Å². The average Bonchev–Trinajstić information content (AvgIpc) is 3.44. The minimum absolute atomic E-state index is 0.0168. The number of likely N-dealkylation sites (tertiary alicyclic amines) is 1. The third-order valence-electron chi connectivity index (χ3n) is 5.96. The molecule has 1 atom stereocenters. The topological polar surface area (TPSA) is 80.1 Å². The third kappa shape index (κ3) is 5.27. The van der Waals surface area contributed by atoms with Crippen molar-refractivity contribution in [2.24, 2.45) is 7.05 Å². The van der Waals surface area contributed by atoms with Gasteiger partial charge >= 0.3 is 0 Å². The molecule has 7 nitrogen and oxygen atoms in total. The van der Waals surface area contributed by atoms with Gasteiger partial charge in [-0.1, -0.05) is 48.5 Å². The number of aryl methyl sites for hydroxylation is 2. The van der Waals surface area contributed by atoms with Crippen molar-refractivity contribution in [3.8, 4) is 0 Å². The van der Waals surface area contributed by atoms with Crippen molar-refractivity contribution < 1.29 is 9.59 Å². The molecule has 0 bridgehead atoms. The van der Waals surface area contributed by atoms with E-state index in [1.807, 2.05) is 72.0 Å². The number of rotatable bonds is 7. The third-order valence-corrected chi connectivity index (χ3v) is 6.98. The maximum absolute atomic E-state index is 13.1. The minimum Gasteiger partial charge on any atom is -0.328 e. The summed E-state index contributed by atoms with van der Waals surface area (Å²) in [5.74, 6) is 0.915. The minimum atomic E-state index is -0.114. The van der Waals surface area contributed by atoms with Crippen LogP contribution in [-0.4, -0.2) is 43.8 Å². The van der Waals surface area contributed by atoms with Crippen LogP contribution in [0.5, 0.6) is 0 Å². The van der Waals surface area contributed by atoms with Gasteiger partial charge in [0, 0.05) is 24.8 Å². The fourth-order valence-electron chi connectivity index (χ4n) is 4.03. The lowest BCUT2D eigenvalue weighted by atomic mass is 10.1. The van der Waals surface area contributed by atoms with E-state index >= 15 is 0 Å². The lowest BCUT2D eigenvalue weighted by Crippen LogP contribution is -2.31. The number of benzene rings is 2. The van der Waals surface area contributed by atoms with Crippen molar-refractivity contribution in [3.05, 3.63) is 71.0 Å². The first-order valence-corrected chi connectivity index (χ1v) is 12.2. The Morgan fingerprint density at radius 3 is 2.52 bits per heavy atom. The van der Waals surface area contributed by atoms with Gasteiger partial charge in [-0.15, -0.1) is 10.2 Å². The number of hydrogen-bond donors (Lipinski definition) is 1. The average molecular weight is 464 g/mol. The number of carbonyl (C=O) groups is 2. The highest BCUT2D eigenvalue weighted by molar-refractivity contribution is 7.99. The number of nitrogens with one attached hydrogen (secondary N) is 1. The van der Waals surface area contributed by atoms with E-state index in [2.05, 4.69) is 22.4 Å². The van der Waals surface area contributed by atoms with Crippen LogP contribution in [-0.2, 0) is 18.3 Å². The molecule has 3 aromatic rings. The number of nitrogens with zero attached hydrogens (tertiary/aromatic N) is 4. The van der Waals surface area contributed by atoms with E-state index in [9.17, 15) is 9.59 Å². The largest absolute Gasteiger partial charge is 0.328 e. The molecule has 1 aliphatic heterocycles. The highest BCUT2D eigenvalue weighted by Crippen LogP contribution is 2.33. The van der Waals surface area contributed by atoms with Crippen LogP contribution in [0.3, 0.4) is 0 Å². The summed E-state index contributed by atoms with van der Waals surface area (Å²) in [6.07, 6.45) is 2.74. The number of thioether (sulfide) groups is 1. The normalized spacial score (nSPS) is 15.6. The van der Waals surface area contributed by atoms with Crippen LogP contribution >= 0.6 is 11.8 Å². The predicted molar refractivity (Wildman–Crippen MR) is 130 cm³/mol. The highest BCUT2D eigenvalue weighted by atomic mass is 32.2. The van der Waals surface area contributed by atoms with Gasteiger partial charge in [0.1, 0.15) is 0 Å². The van der Waals surface area contributed by atoms with Gasteiger partial charge in [0.2, 0.25) is 5.91 Å². The van der Waals surface area contributed by atoms with Crippen molar-refractivity contribution in [2.75, 3.05) is 17.6 Å². The molecule has 2 amide bonds. The van der Waals surface area contributed by atoms with Gasteiger partial charge in [-0.3, -0.25) is 9.59 Å². The summed E-state index contributed by atoms with van der Waals surface area (Å²) in [5.41, 5.74) is 3.83. The van der Waals surface area contributed by atoms with Crippen LogP contribution in [0.25, 0.3) is 0 Å². The van der Waals surface area contributed by atoms with Crippen molar-refractivity contribution in [1.29, 1.82) is 0 Å². The Morgan fingerprint density at radius 1 is 1.09 bits per heavy atom. The van der Waals surface area contributed by atoms with E-state index < -0.39 is 0 Å². The van der Waals surface area contributed by atoms with Crippen molar-refractivity contribution in [2.45, 2.75) is 44.3 Å². The second kappa shape index (κ2) is 10.2. The molecule has 1 aromatic heterocycles. The van der Waals surface area contributed by atoms with E-state index in [4.69, 9.17) is 0 Å². The Morgan fingerprint density at radius 2 is 1.82 bits per heavy atom. The molecule has 2 aromatic carbocycles. The summed E-state index contributed by atoms with van der Waals surface area (Å²) in [5, 5.41) is 12.3. The van der Waals surface area contributed by atoms with Crippen LogP contribution in [0.1, 0.15) is 53.1 Å². The second-order valence-electron chi connectivity index (χ2n) is 8.31. The zero-order chi connectivity index (χ0) is 23.4. The maximum Gasteiger partial charge on any atom is 0.254 e. The van der Waals surface area contributed by atoms with Gasteiger partial charge in [-0.05, 0) is 56.0 Å². The lowest BCUT2D eigenvalue weighted by Gasteiger charge is -2.24. The van der Waals surface area contributed by atoms with Crippen molar-refractivity contribution in [3.63, 3.8) is 0 Å². The smallest absolute Gasteiger partial charge is 0.254 e. The molecular weight excluding hydrogens is 434 g/mol. The van der Waals surface area contributed by atoms with Gasteiger partial charge in [-0.25, -0.2) is 0 Å². The Hall–Kier alpha value is -3.13. The first-order valence-electron chi connectivity index (χ1n) is 11.2. The number of anilines is 1. The molecule has 0 aliphatic carbocycles. The summed E-state index contributed by atoms with van der Waals surface area (Å²) in [6.45, 7) is 4.81. The maximum atomic E-state index is 13.1. The van der Waals surface area contributed by atoms with Crippen LogP contribution in [0, 0.1) is 6.92 Å². The van der Waals surface area contributed by atoms with Gasteiger partial charge < -0.3 is 14.8 Å². The van der Waals surface area contributed by atoms with Crippen LogP contribution in [0.4, 0.5) is 5.69 Å². The van der Waals surface area contributed by atoms with Gasteiger partial charge in [0.05, 0.1) is 11.8 Å². The van der Waals surface area contributed by atoms with Crippen LogP contribution in [0.2, 0.25) is 0 Å². The second-order valence-corrected chi connectivity index (χ2v) is 9.25. The van der Waals surface area contributed by atoms with E-state index in [0.717, 1.165) is 36.3 Å². The summed E-state index contributed by atoms with van der Waals surface area (Å²) < 4.78 is 1.90. The molecule has 33 heavy (non-hydrogen) atoms. The van der Waals surface area contributed by atoms with E-state index in [1.54, 1.807) is 0 Å². The van der Waals surface area contributed by atoms with E-state index in [-0.39, 0.29) is 23.6 Å². The zero-order valence-electron chi connectivity index (χ0n) is 19.2. The van der Waals surface area contributed by atoms with Crippen LogP contribution in [0.15, 0.2) is 53.7 Å². The molecule has 1 saturated heterocycles. The molecule has 4 rings (SSSR count). The number of carbonyl (C=O) groups excluding carboxylic acids is 2. The summed E-state index contributed by atoms with van der Waals surface area (Å²) in [7, 11) is 1.89. The fourth-order valence-corrected chi connectivity index (χ4v) is 4.75. The monoisotopic (exact) mass is 463 g/mol. The molecular formula is C25H29N5O2S. The molecule has 172 valence electrons. The summed E-state index contributed by atoms with van der Waals surface area (Å²) in [6, 6.07) is 15.4. The molecule has 1 aliphatic rings. The summed E-state index contributed by atoms with van der Waals surface area (Å²) >= 11 is 1.34. The van der Waals surface area contributed by atoms with Crippen molar-refractivity contribution in [1.82, 2.24) is 19.7 Å². The first-order chi connectivity index (χ1) is 16.0. The molecule has 0 spiro atoms. The summed E-state index contributed by atoms with van der Waals surface area (Å²) in [4.78, 5) is 27.4. The molecule has 8 heteroatoms. The van der Waals surface area contributed by atoms with Crippen molar-refractivity contribution >= 4 is 29.3 Å². The molecule has 0 saturated carbocycles. The molecule has 1 unspecified atom stereocenters. The number of hydrogen-bond acceptors (Lipinski definition) is 5. The zero-order valence-corrected chi connectivity index (χ0v) is 20.1. The van der Waals surface area contributed by atoms with Gasteiger partial charge in [0.25, 0.3) is 5.91 Å². The van der Waals surface area contributed by atoms with E-state index in [0.29, 0.717) is 17.3 Å². The van der Waals surface area contributed by atoms with Gasteiger partial charge in [0.15, 0.2) is 11.0 Å². The SMILES string of the molecule is CCc1ccc(NC(=O)CSc2nnc(C3CCCN3C(=O)c3ccc(C)cc3)n2C)cc1. The standard InChI is InChI=1S/C25H29N5O2S/c1-4-18-9-13-20(14-10-18)26-22(31)16-33-25-28-27-23(29(25)3)21-6-5-15-30(21)24(32)19-11-7-17(2)8-12-19/h7-14,21H,4-6,15-16H2,1-3H3,(H,26,31). The number of amides is 2. The Balaban J connectivity index is 1.39. The highest BCUT2D eigenvalue weighted by Gasteiger charge is 2.34. The molecule has 1 N–H and O–H groups in total.